The minimum absolute atomic E-state index is 0.146. The molecule has 22 heavy (non-hydrogen) atoms. The largest absolute Gasteiger partial charge is 0.368 e. The van der Waals surface area contributed by atoms with E-state index in [4.69, 9.17) is 27.9 Å². The van der Waals surface area contributed by atoms with E-state index in [-0.39, 0.29) is 12.0 Å². The van der Waals surface area contributed by atoms with Crippen LogP contribution in [0.3, 0.4) is 0 Å². The molecule has 0 aliphatic carbocycles. The topological polar surface area (TPSA) is 32.8 Å². The molecule has 1 aromatic rings. The normalized spacial score (nSPS) is 23.0. The highest BCUT2D eigenvalue weighted by molar-refractivity contribution is 6.35. The molecule has 0 bridgehead atoms. The third-order valence-electron chi connectivity index (χ3n) is 4.33. The number of rotatable bonds is 3. The van der Waals surface area contributed by atoms with Gasteiger partial charge in [-0.05, 0) is 25.0 Å². The number of hydrogen-bond acceptors (Lipinski definition) is 3. The van der Waals surface area contributed by atoms with Crippen LogP contribution in [0, 0.1) is 0 Å². The first-order chi connectivity index (χ1) is 10.6. The van der Waals surface area contributed by atoms with E-state index in [1.165, 1.54) is 0 Å². The van der Waals surface area contributed by atoms with E-state index in [0.717, 1.165) is 51.1 Å². The Labute approximate surface area is 140 Å². The predicted molar refractivity (Wildman–Crippen MR) is 87.3 cm³/mol. The summed E-state index contributed by atoms with van der Waals surface area (Å²) in [4.78, 5) is 16.5. The van der Waals surface area contributed by atoms with E-state index in [1.54, 1.807) is 0 Å². The lowest BCUT2D eigenvalue weighted by molar-refractivity contribution is -0.142. The molecular weight excluding hydrogens is 323 g/mol. The lowest BCUT2D eigenvalue weighted by atomic mass is 10.1. The van der Waals surface area contributed by atoms with Gasteiger partial charge in [-0.2, -0.15) is 0 Å². The summed E-state index contributed by atoms with van der Waals surface area (Å²) in [5.74, 6) is 0.146. The Hall–Kier alpha value is -0.810. The lowest BCUT2D eigenvalue weighted by Gasteiger charge is -2.36. The number of amides is 1. The lowest BCUT2D eigenvalue weighted by Crippen LogP contribution is -2.51. The molecule has 1 unspecified atom stereocenters. The minimum Gasteiger partial charge on any atom is -0.368 e. The van der Waals surface area contributed by atoms with E-state index in [2.05, 4.69) is 4.90 Å². The quantitative estimate of drug-likeness (QED) is 0.846. The van der Waals surface area contributed by atoms with Crippen LogP contribution in [0.2, 0.25) is 10.0 Å². The standard InChI is InChI=1S/C16H20Cl2N2O2/c17-13-3-1-4-14(18)12(13)11-19-6-8-20(9-7-19)16(21)15-5-2-10-22-15/h1,3-4,15H,2,5-11H2. The fraction of sp³-hybridized carbons (Fsp3) is 0.562. The van der Waals surface area contributed by atoms with Crippen LogP contribution in [0.25, 0.3) is 0 Å². The summed E-state index contributed by atoms with van der Waals surface area (Å²) < 4.78 is 5.48. The molecule has 1 amide bonds. The van der Waals surface area contributed by atoms with Crippen molar-refractivity contribution in [2.75, 3.05) is 32.8 Å². The summed E-state index contributed by atoms with van der Waals surface area (Å²) in [6.45, 7) is 4.57. The average Bonchev–Trinajstić information content (AvgIpc) is 3.05. The summed E-state index contributed by atoms with van der Waals surface area (Å²) >= 11 is 12.4. The molecular formula is C16H20Cl2N2O2. The highest BCUT2D eigenvalue weighted by Gasteiger charge is 2.30. The molecule has 1 aromatic carbocycles. The molecule has 120 valence electrons. The van der Waals surface area contributed by atoms with Crippen LogP contribution < -0.4 is 0 Å². The van der Waals surface area contributed by atoms with Gasteiger partial charge in [0.25, 0.3) is 5.91 Å². The van der Waals surface area contributed by atoms with Gasteiger partial charge in [0.1, 0.15) is 6.10 Å². The molecule has 2 heterocycles. The van der Waals surface area contributed by atoms with Crippen molar-refractivity contribution in [3.05, 3.63) is 33.8 Å². The Kier molecular flexibility index (Phi) is 5.24. The van der Waals surface area contributed by atoms with Gasteiger partial charge in [0, 0.05) is 54.9 Å². The average molecular weight is 343 g/mol. The fourth-order valence-electron chi connectivity index (χ4n) is 3.01. The summed E-state index contributed by atoms with van der Waals surface area (Å²) in [5.41, 5.74) is 0.963. The van der Waals surface area contributed by atoms with Gasteiger partial charge in [-0.1, -0.05) is 29.3 Å². The molecule has 0 radical (unpaired) electrons. The zero-order valence-electron chi connectivity index (χ0n) is 12.4. The second-order valence-electron chi connectivity index (χ2n) is 5.80. The number of benzene rings is 1. The van der Waals surface area contributed by atoms with E-state index in [1.807, 2.05) is 23.1 Å². The highest BCUT2D eigenvalue weighted by atomic mass is 35.5. The van der Waals surface area contributed by atoms with Crippen LogP contribution in [0.4, 0.5) is 0 Å². The van der Waals surface area contributed by atoms with Gasteiger partial charge in [-0.3, -0.25) is 9.69 Å². The first-order valence-electron chi connectivity index (χ1n) is 7.71. The first-order valence-corrected chi connectivity index (χ1v) is 8.46. The summed E-state index contributed by atoms with van der Waals surface area (Å²) in [6.07, 6.45) is 1.62. The van der Waals surface area contributed by atoms with Crippen molar-refractivity contribution in [1.82, 2.24) is 9.80 Å². The smallest absolute Gasteiger partial charge is 0.251 e. The Morgan fingerprint density at radius 1 is 1.18 bits per heavy atom. The number of carbonyl (C=O) groups excluding carboxylic acids is 1. The van der Waals surface area contributed by atoms with Crippen molar-refractivity contribution >= 4 is 29.1 Å². The number of carbonyl (C=O) groups is 1. The van der Waals surface area contributed by atoms with Crippen LogP contribution in [0.1, 0.15) is 18.4 Å². The third kappa shape index (κ3) is 3.57. The zero-order valence-corrected chi connectivity index (χ0v) is 13.9. The monoisotopic (exact) mass is 342 g/mol. The number of halogens is 2. The molecule has 3 rings (SSSR count). The van der Waals surface area contributed by atoms with Gasteiger partial charge in [0.05, 0.1) is 0 Å². The van der Waals surface area contributed by atoms with Gasteiger partial charge in [-0.25, -0.2) is 0 Å². The van der Waals surface area contributed by atoms with Gasteiger partial charge in [-0.15, -0.1) is 0 Å². The highest BCUT2D eigenvalue weighted by Crippen LogP contribution is 2.26. The van der Waals surface area contributed by atoms with Crippen molar-refractivity contribution in [3.8, 4) is 0 Å². The molecule has 1 atom stereocenters. The SMILES string of the molecule is O=C(C1CCCO1)N1CCN(Cc2c(Cl)cccc2Cl)CC1. The van der Waals surface area contributed by atoms with Crippen LogP contribution in [0.5, 0.6) is 0 Å². The maximum Gasteiger partial charge on any atom is 0.251 e. The van der Waals surface area contributed by atoms with Crippen LogP contribution in [-0.4, -0.2) is 54.6 Å². The second kappa shape index (κ2) is 7.18. The van der Waals surface area contributed by atoms with Gasteiger partial charge in [0.2, 0.25) is 0 Å². The number of piperazine rings is 1. The van der Waals surface area contributed by atoms with E-state index in [0.29, 0.717) is 16.7 Å². The molecule has 0 saturated carbocycles. The van der Waals surface area contributed by atoms with Crippen LogP contribution in [-0.2, 0) is 16.1 Å². The van der Waals surface area contributed by atoms with Gasteiger partial charge in [0.15, 0.2) is 0 Å². The van der Waals surface area contributed by atoms with Gasteiger partial charge < -0.3 is 9.64 Å². The van der Waals surface area contributed by atoms with Crippen molar-refractivity contribution in [2.45, 2.75) is 25.5 Å². The number of nitrogens with zero attached hydrogens (tertiary/aromatic N) is 2. The molecule has 6 heteroatoms. The zero-order chi connectivity index (χ0) is 15.5. The minimum atomic E-state index is -0.218. The molecule has 2 aliphatic heterocycles. The summed E-state index contributed by atoms with van der Waals surface area (Å²) in [5, 5.41) is 1.40. The molecule has 4 nitrogen and oxygen atoms in total. The molecule has 0 aromatic heterocycles. The molecule has 0 spiro atoms. The second-order valence-corrected chi connectivity index (χ2v) is 6.62. The van der Waals surface area contributed by atoms with Gasteiger partial charge >= 0.3 is 0 Å². The first kappa shape index (κ1) is 16.1. The van der Waals surface area contributed by atoms with E-state index < -0.39 is 0 Å². The Bertz CT molecular complexity index is 519. The van der Waals surface area contributed by atoms with E-state index >= 15 is 0 Å². The van der Waals surface area contributed by atoms with Crippen LogP contribution >= 0.6 is 23.2 Å². The van der Waals surface area contributed by atoms with Crippen molar-refractivity contribution in [2.24, 2.45) is 0 Å². The Morgan fingerprint density at radius 2 is 1.86 bits per heavy atom. The van der Waals surface area contributed by atoms with Crippen molar-refractivity contribution in [1.29, 1.82) is 0 Å². The summed E-state index contributed by atoms with van der Waals surface area (Å²) in [7, 11) is 0. The van der Waals surface area contributed by atoms with E-state index in [9.17, 15) is 4.79 Å². The van der Waals surface area contributed by atoms with Crippen molar-refractivity contribution < 1.29 is 9.53 Å². The maximum absolute atomic E-state index is 12.3. The van der Waals surface area contributed by atoms with Crippen LogP contribution in [0.15, 0.2) is 18.2 Å². The number of hydrogen-bond donors (Lipinski definition) is 0. The number of ether oxygens (including phenoxy) is 1. The predicted octanol–water partition coefficient (Wildman–Crippen LogP) is 2.82. The summed E-state index contributed by atoms with van der Waals surface area (Å²) in [6, 6.07) is 5.58. The Morgan fingerprint density at radius 3 is 2.45 bits per heavy atom. The van der Waals surface area contributed by atoms with Crippen molar-refractivity contribution in [3.63, 3.8) is 0 Å². The Balaban J connectivity index is 1.54. The molecule has 2 aliphatic rings. The third-order valence-corrected chi connectivity index (χ3v) is 5.04. The molecule has 2 saturated heterocycles. The molecule has 2 fully saturated rings. The molecule has 0 N–H and O–H groups in total. The fourth-order valence-corrected chi connectivity index (χ4v) is 3.53. The maximum atomic E-state index is 12.3.